The summed E-state index contributed by atoms with van der Waals surface area (Å²) >= 11 is 0. The Labute approximate surface area is 175 Å². The maximum Gasteiger partial charge on any atom is 0.323 e. The number of nitrogen functional groups attached to an aromatic ring is 1. The number of amides is 2. The quantitative estimate of drug-likeness (QED) is 0.528. The second-order valence-electron chi connectivity index (χ2n) is 6.01. The first-order valence-electron chi connectivity index (χ1n) is 9.50. The first-order chi connectivity index (χ1) is 14.5. The fourth-order valence-corrected chi connectivity index (χ4v) is 2.42. The third-order valence-electron chi connectivity index (χ3n) is 3.92. The number of rotatable bonds is 5. The molecule has 8 heteroatoms. The lowest BCUT2D eigenvalue weighted by atomic mass is 10.2. The van der Waals surface area contributed by atoms with Crippen LogP contribution in [0, 0.1) is 12.7 Å². The first kappa shape index (κ1) is 22.5. The zero-order valence-corrected chi connectivity index (χ0v) is 17.2. The number of nitrogens with zero attached hydrogens (tertiary/aromatic N) is 3. The minimum Gasteiger partial charge on any atom is -0.383 e. The summed E-state index contributed by atoms with van der Waals surface area (Å²) in [5, 5.41) is 5.35. The molecule has 0 fully saturated rings. The maximum atomic E-state index is 12.9. The summed E-state index contributed by atoms with van der Waals surface area (Å²) in [6, 6.07) is 12.4. The van der Waals surface area contributed by atoms with Crippen LogP contribution in [0.3, 0.4) is 0 Å². The summed E-state index contributed by atoms with van der Waals surface area (Å²) in [7, 11) is 0. The van der Waals surface area contributed by atoms with Crippen molar-refractivity contribution < 1.29 is 9.18 Å². The zero-order valence-electron chi connectivity index (χ0n) is 17.2. The Morgan fingerprint density at radius 3 is 2.17 bits per heavy atom. The van der Waals surface area contributed by atoms with Gasteiger partial charge in [0.15, 0.2) is 0 Å². The fraction of sp³-hybridized carbons (Fsp3) is 0.182. The molecule has 4 N–H and O–H groups in total. The number of nitrogens with two attached hydrogens (primary N) is 1. The van der Waals surface area contributed by atoms with Gasteiger partial charge in [0.1, 0.15) is 18.0 Å². The van der Waals surface area contributed by atoms with Gasteiger partial charge in [-0.25, -0.2) is 19.2 Å². The van der Waals surface area contributed by atoms with Crippen molar-refractivity contribution >= 4 is 29.4 Å². The minimum atomic E-state index is -0.410. The van der Waals surface area contributed by atoms with Crippen LogP contribution in [0.25, 0.3) is 0 Å². The number of carbonyl (C=O) groups is 1. The number of aryl methyl sites for hydroxylation is 1. The topological polar surface area (TPSA) is 105 Å². The normalized spacial score (nSPS) is 10.3. The molecule has 0 bridgehead atoms. The lowest BCUT2D eigenvalue weighted by Gasteiger charge is -2.08. The predicted molar refractivity (Wildman–Crippen MR) is 119 cm³/mol. The Bertz CT molecular complexity index is 967. The molecule has 3 aromatic rings. The van der Waals surface area contributed by atoms with Crippen molar-refractivity contribution in [1.82, 2.24) is 9.97 Å². The summed E-state index contributed by atoms with van der Waals surface area (Å²) in [5.41, 5.74) is 9.40. The first-order valence-corrected chi connectivity index (χ1v) is 9.50. The van der Waals surface area contributed by atoms with Crippen molar-refractivity contribution in [2.45, 2.75) is 27.3 Å². The van der Waals surface area contributed by atoms with Gasteiger partial charge in [0.05, 0.1) is 17.8 Å². The molecule has 1 heterocycles. The van der Waals surface area contributed by atoms with Crippen molar-refractivity contribution in [2.24, 2.45) is 4.99 Å². The lowest BCUT2D eigenvalue weighted by Crippen LogP contribution is -2.19. The standard InChI is InChI=1S/C20H19FN6O.C2H6/c1-13-18(19(22)25-12-24-13)11-23-10-14-2-6-16(7-3-14)26-20(28)27-17-8-4-15(21)5-9-17;1-2/h2-9,11-12H,10H2,1H3,(H2,22,24,25)(H2,26,27,28);1-2H3. The summed E-state index contributed by atoms with van der Waals surface area (Å²) in [6.07, 6.45) is 3.08. The molecule has 2 amide bonds. The minimum absolute atomic E-state index is 0.359. The smallest absolute Gasteiger partial charge is 0.323 e. The Morgan fingerprint density at radius 2 is 1.60 bits per heavy atom. The molecule has 0 radical (unpaired) electrons. The molecule has 2 aromatic carbocycles. The van der Waals surface area contributed by atoms with Crippen LogP contribution in [0.5, 0.6) is 0 Å². The highest BCUT2D eigenvalue weighted by atomic mass is 19.1. The van der Waals surface area contributed by atoms with E-state index in [-0.39, 0.29) is 5.82 Å². The van der Waals surface area contributed by atoms with Gasteiger partial charge in [-0.2, -0.15) is 0 Å². The Balaban J connectivity index is 0.00000155. The second kappa shape index (κ2) is 11.3. The highest BCUT2D eigenvalue weighted by molar-refractivity contribution is 5.99. The molecule has 30 heavy (non-hydrogen) atoms. The fourth-order valence-electron chi connectivity index (χ4n) is 2.42. The SMILES string of the molecule is CC.Cc1ncnc(N)c1C=NCc1ccc(NC(=O)Nc2ccc(F)cc2)cc1. The van der Waals surface area contributed by atoms with Crippen LogP contribution in [0.15, 0.2) is 59.9 Å². The van der Waals surface area contributed by atoms with Gasteiger partial charge in [0, 0.05) is 17.6 Å². The Kier molecular flexibility index (Phi) is 8.43. The van der Waals surface area contributed by atoms with Gasteiger partial charge < -0.3 is 16.4 Å². The molecule has 156 valence electrons. The van der Waals surface area contributed by atoms with Gasteiger partial charge in [-0.15, -0.1) is 0 Å². The molecule has 0 aliphatic rings. The van der Waals surface area contributed by atoms with Gasteiger partial charge in [0.25, 0.3) is 0 Å². The van der Waals surface area contributed by atoms with Crippen LogP contribution >= 0.6 is 0 Å². The number of carbonyl (C=O) groups excluding carboxylic acids is 1. The van der Waals surface area contributed by atoms with Crippen LogP contribution < -0.4 is 16.4 Å². The van der Waals surface area contributed by atoms with Crippen LogP contribution in [0.2, 0.25) is 0 Å². The summed E-state index contributed by atoms with van der Waals surface area (Å²) < 4.78 is 12.9. The largest absolute Gasteiger partial charge is 0.383 e. The number of hydrogen-bond acceptors (Lipinski definition) is 5. The van der Waals surface area contributed by atoms with Crippen LogP contribution in [-0.4, -0.2) is 22.2 Å². The number of aromatic nitrogens is 2. The van der Waals surface area contributed by atoms with E-state index >= 15 is 0 Å². The average molecular weight is 408 g/mol. The lowest BCUT2D eigenvalue weighted by molar-refractivity contribution is 0.262. The third kappa shape index (κ3) is 6.66. The van der Waals surface area contributed by atoms with E-state index in [1.165, 1.54) is 30.6 Å². The predicted octanol–water partition coefficient (Wildman–Crippen LogP) is 4.80. The number of nitrogens with one attached hydrogen (secondary N) is 2. The molecule has 0 unspecified atom stereocenters. The molecule has 0 atom stereocenters. The molecular weight excluding hydrogens is 383 g/mol. The second-order valence-corrected chi connectivity index (χ2v) is 6.01. The summed E-state index contributed by atoms with van der Waals surface area (Å²) in [5.74, 6) is 0.0322. The molecule has 0 saturated carbocycles. The number of hydrogen-bond donors (Lipinski definition) is 3. The van der Waals surface area contributed by atoms with Crippen molar-refractivity contribution in [3.05, 3.63) is 77.5 Å². The van der Waals surface area contributed by atoms with E-state index in [0.29, 0.717) is 29.3 Å². The van der Waals surface area contributed by atoms with E-state index < -0.39 is 6.03 Å². The Morgan fingerprint density at radius 1 is 1.03 bits per heavy atom. The van der Waals surface area contributed by atoms with E-state index in [1.54, 1.807) is 18.3 Å². The highest BCUT2D eigenvalue weighted by Gasteiger charge is 2.04. The van der Waals surface area contributed by atoms with Gasteiger partial charge in [-0.05, 0) is 48.9 Å². The van der Waals surface area contributed by atoms with E-state index in [4.69, 9.17) is 5.73 Å². The van der Waals surface area contributed by atoms with E-state index in [1.807, 2.05) is 32.9 Å². The average Bonchev–Trinajstić information content (AvgIpc) is 2.74. The van der Waals surface area contributed by atoms with Crippen LogP contribution in [0.4, 0.5) is 26.4 Å². The number of urea groups is 1. The zero-order chi connectivity index (χ0) is 21.9. The molecule has 0 spiro atoms. The van der Waals surface area contributed by atoms with E-state index in [9.17, 15) is 9.18 Å². The number of halogens is 1. The van der Waals surface area contributed by atoms with Crippen molar-refractivity contribution in [3.63, 3.8) is 0 Å². The maximum absolute atomic E-state index is 12.9. The highest BCUT2D eigenvalue weighted by Crippen LogP contribution is 2.13. The monoisotopic (exact) mass is 408 g/mol. The molecule has 3 rings (SSSR count). The van der Waals surface area contributed by atoms with Gasteiger partial charge >= 0.3 is 6.03 Å². The molecule has 0 saturated heterocycles. The molecule has 7 nitrogen and oxygen atoms in total. The third-order valence-corrected chi connectivity index (χ3v) is 3.92. The van der Waals surface area contributed by atoms with E-state index in [2.05, 4.69) is 25.6 Å². The Hall–Kier alpha value is -3.81. The molecule has 1 aromatic heterocycles. The van der Waals surface area contributed by atoms with E-state index in [0.717, 1.165) is 11.3 Å². The van der Waals surface area contributed by atoms with Gasteiger partial charge in [-0.1, -0.05) is 26.0 Å². The molecule has 0 aliphatic heterocycles. The van der Waals surface area contributed by atoms with Gasteiger partial charge in [-0.3, -0.25) is 4.99 Å². The number of benzene rings is 2. The molecule has 0 aliphatic carbocycles. The summed E-state index contributed by atoms with van der Waals surface area (Å²) in [4.78, 5) is 24.4. The van der Waals surface area contributed by atoms with Crippen LogP contribution in [0.1, 0.15) is 30.7 Å². The van der Waals surface area contributed by atoms with Crippen molar-refractivity contribution in [2.75, 3.05) is 16.4 Å². The van der Waals surface area contributed by atoms with Gasteiger partial charge in [0.2, 0.25) is 0 Å². The van der Waals surface area contributed by atoms with Crippen molar-refractivity contribution in [3.8, 4) is 0 Å². The summed E-state index contributed by atoms with van der Waals surface area (Å²) in [6.45, 7) is 6.30. The number of aliphatic imine (C=N–C) groups is 1. The van der Waals surface area contributed by atoms with Crippen LogP contribution in [-0.2, 0) is 6.54 Å². The van der Waals surface area contributed by atoms with Crippen molar-refractivity contribution in [1.29, 1.82) is 0 Å². The number of anilines is 3. The molecular formula is C22H25FN6O.